The fourth-order valence-corrected chi connectivity index (χ4v) is 1.68. The molecule has 0 spiro atoms. The fraction of sp³-hybridized carbons (Fsp3) is 0.500. The van der Waals surface area contributed by atoms with Crippen LogP contribution in [0.1, 0.15) is 12.0 Å². The highest BCUT2D eigenvalue weighted by Crippen LogP contribution is 2.14. The summed E-state index contributed by atoms with van der Waals surface area (Å²) < 4.78 is 12.8. The third-order valence-corrected chi connectivity index (χ3v) is 2.34. The number of hydrogen-bond acceptors (Lipinski definition) is 2. The quantitative estimate of drug-likeness (QED) is 0.687. The molecular weight excluding hydrogens is 167 g/mol. The van der Waals surface area contributed by atoms with E-state index in [0.29, 0.717) is 13.0 Å². The van der Waals surface area contributed by atoms with Crippen LogP contribution in [0.3, 0.4) is 0 Å². The predicted octanol–water partition coefficient (Wildman–Crippen LogP) is 1.63. The number of halogens is 1. The Labute approximate surface area is 77.4 Å². The van der Waals surface area contributed by atoms with Crippen molar-refractivity contribution in [1.82, 2.24) is 9.88 Å². The molecule has 70 valence electrons. The normalized spacial score (nSPS) is 23.6. The second-order valence-corrected chi connectivity index (χ2v) is 3.48. The van der Waals surface area contributed by atoms with Crippen LogP contribution in [0.4, 0.5) is 4.39 Å². The van der Waals surface area contributed by atoms with Gasteiger partial charge in [-0.25, -0.2) is 4.39 Å². The molecule has 0 aromatic carbocycles. The van der Waals surface area contributed by atoms with Crippen molar-refractivity contribution in [2.75, 3.05) is 13.1 Å². The van der Waals surface area contributed by atoms with Crippen LogP contribution >= 0.6 is 0 Å². The molecule has 3 heteroatoms. The van der Waals surface area contributed by atoms with Crippen molar-refractivity contribution in [1.29, 1.82) is 0 Å². The van der Waals surface area contributed by atoms with Crippen LogP contribution in [0, 0.1) is 0 Å². The third-order valence-electron chi connectivity index (χ3n) is 2.34. The molecule has 2 nitrogen and oxygen atoms in total. The Morgan fingerprint density at radius 2 is 2.54 bits per heavy atom. The van der Waals surface area contributed by atoms with Crippen LogP contribution in [-0.2, 0) is 6.54 Å². The molecule has 2 rings (SSSR count). The molecule has 1 aliphatic rings. The number of rotatable bonds is 2. The summed E-state index contributed by atoms with van der Waals surface area (Å²) in [6.07, 6.45) is 3.65. The minimum Gasteiger partial charge on any atom is -0.296 e. The number of alkyl halides is 1. The van der Waals surface area contributed by atoms with Gasteiger partial charge in [0.25, 0.3) is 0 Å². The number of pyridine rings is 1. The van der Waals surface area contributed by atoms with Crippen molar-refractivity contribution in [3.05, 3.63) is 30.1 Å². The second kappa shape index (κ2) is 3.83. The topological polar surface area (TPSA) is 16.1 Å². The molecule has 1 aromatic rings. The lowest BCUT2D eigenvalue weighted by Gasteiger charge is -2.13. The first kappa shape index (κ1) is 8.63. The van der Waals surface area contributed by atoms with Crippen molar-refractivity contribution in [2.45, 2.75) is 19.1 Å². The Kier molecular flexibility index (Phi) is 2.54. The first-order valence-corrected chi connectivity index (χ1v) is 4.60. The van der Waals surface area contributed by atoms with Gasteiger partial charge in [0.2, 0.25) is 0 Å². The zero-order chi connectivity index (χ0) is 9.10. The molecule has 1 aliphatic heterocycles. The van der Waals surface area contributed by atoms with Crippen LogP contribution in [-0.4, -0.2) is 29.1 Å². The van der Waals surface area contributed by atoms with Gasteiger partial charge in [0, 0.05) is 32.0 Å². The highest BCUT2D eigenvalue weighted by molar-refractivity contribution is 5.08. The van der Waals surface area contributed by atoms with Crippen LogP contribution < -0.4 is 0 Å². The molecule has 1 aromatic heterocycles. The van der Waals surface area contributed by atoms with E-state index in [1.807, 2.05) is 18.3 Å². The van der Waals surface area contributed by atoms with Gasteiger partial charge in [-0.2, -0.15) is 0 Å². The van der Waals surface area contributed by atoms with Gasteiger partial charge in [-0.3, -0.25) is 9.88 Å². The van der Waals surface area contributed by atoms with E-state index < -0.39 is 6.17 Å². The maximum atomic E-state index is 12.8. The summed E-state index contributed by atoms with van der Waals surface area (Å²) in [5.41, 5.74) is 1.16. The Bertz CT molecular complexity index is 263. The molecule has 0 amide bonds. The Balaban J connectivity index is 1.92. The van der Waals surface area contributed by atoms with Gasteiger partial charge in [-0.05, 0) is 18.1 Å². The van der Waals surface area contributed by atoms with E-state index in [-0.39, 0.29) is 0 Å². The monoisotopic (exact) mass is 180 g/mol. The molecule has 1 fully saturated rings. The number of aromatic nitrogens is 1. The molecule has 0 bridgehead atoms. The average molecular weight is 180 g/mol. The van der Waals surface area contributed by atoms with E-state index in [9.17, 15) is 4.39 Å². The Morgan fingerprint density at radius 3 is 3.15 bits per heavy atom. The van der Waals surface area contributed by atoms with Crippen LogP contribution in [0.25, 0.3) is 0 Å². The molecule has 1 atom stereocenters. The maximum Gasteiger partial charge on any atom is 0.114 e. The number of likely N-dealkylation sites (tertiary alicyclic amines) is 1. The Morgan fingerprint density at radius 1 is 1.62 bits per heavy atom. The first-order valence-electron chi connectivity index (χ1n) is 4.60. The minimum atomic E-state index is -0.628. The average Bonchev–Trinajstić information content (AvgIpc) is 2.53. The summed E-state index contributed by atoms with van der Waals surface area (Å²) >= 11 is 0. The lowest BCUT2D eigenvalue weighted by atomic mass is 10.3. The lowest BCUT2D eigenvalue weighted by molar-refractivity contribution is 0.282. The molecule has 1 saturated heterocycles. The minimum absolute atomic E-state index is 0.578. The van der Waals surface area contributed by atoms with Gasteiger partial charge < -0.3 is 0 Å². The number of nitrogens with zero attached hydrogens (tertiary/aromatic N) is 2. The van der Waals surface area contributed by atoms with Crippen molar-refractivity contribution in [2.24, 2.45) is 0 Å². The summed E-state index contributed by atoms with van der Waals surface area (Å²) in [5, 5.41) is 0. The standard InChI is InChI=1S/C10H13FN2/c11-10-3-5-13(8-10)7-9-2-1-4-12-6-9/h1-2,4,6,10H,3,5,7-8H2/t10-/m0/s1. The molecule has 2 heterocycles. The van der Waals surface area contributed by atoms with Crippen LogP contribution in [0.5, 0.6) is 0 Å². The van der Waals surface area contributed by atoms with E-state index in [4.69, 9.17) is 0 Å². The van der Waals surface area contributed by atoms with Crippen molar-refractivity contribution >= 4 is 0 Å². The van der Waals surface area contributed by atoms with E-state index in [0.717, 1.165) is 18.7 Å². The molecule has 0 saturated carbocycles. The molecule has 0 N–H and O–H groups in total. The van der Waals surface area contributed by atoms with E-state index in [1.165, 1.54) is 0 Å². The summed E-state index contributed by atoms with van der Waals surface area (Å²) in [4.78, 5) is 6.15. The maximum absolute atomic E-state index is 12.8. The highest BCUT2D eigenvalue weighted by atomic mass is 19.1. The highest BCUT2D eigenvalue weighted by Gasteiger charge is 2.21. The van der Waals surface area contributed by atoms with Crippen molar-refractivity contribution in [3.8, 4) is 0 Å². The van der Waals surface area contributed by atoms with E-state index >= 15 is 0 Å². The molecule has 0 unspecified atom stereocenters. The second-order valence-electron chi connectivity index (χ2n) is 3.48. The molecule has 0 radical (unpaired) electrons. The largest absolute Gasteiger partial charge is 0.296 e. The summed E-state index contributed by atoms with van der Waals surface area (Å²) in [5.74, 6) is 0. The fourth-order valence-electron chi connectivity index (χ4n) is 1.68. The molecular formula is C10H13FN2. The van der Waals surface area contributed by atoms with Gasteiger partial charge in [0.1, 0.15) is 6.17 Å². The summed E-state index contributed by atoms with van der Waals surface area (Å²) in [6.45, 7) is 2.28. The summed E-state index contributed by atoms with van der Waals surface area (Å²) in [6, 6.07) is 3.94. The van der Waals surface area contributed by atoms with Crippen LogP contribution in [0.2, 0.25) is 0 Å². The smallest absolute Gasteiger partial charge is 0.114 e. The summed E-state index contributed by atoms with van der Waals surface area (Å²) in [7, 11) is 0. The SMILES string of the molecule is F[C@H]1CCN(Cc2cccnc2)C1. The third kappa shape index (κ3) is 2.25. The van der Waals surface area contributed by atoms with Gasteiger partial charge in [0.05, 0.1) is 0 Å². The lowest BCUT2D eigenvalue weighted by Crippen LogP contribution is -2.20. The van der Waals surface area contributed by atoms with Gasteiger partial charge >= 0.3 is 0 Å². The molecule has 0 aliphatic carbocycles. The van der Waals surface area contributed by atoms with Crippen molar-refractivity contribution < 1.29 is 4.39 Å². The van der Waals surface area contributed by atoms with Gasteiger partial charge in [-0.1, -0.05) is 6.07 Å². The Hall–Kier alpha value is -0.960. The first-order chi connectivity index (χ1) is 6.34. The number of hydrogen-bond donors (Lipinski definition) is 0. The van der Waals surface area contributed by atoms with Gasteiger partial charge in [0.15, 0.2) is 0 Å². The van der Waals surface area contributed by atoms with Crippen molar-refractivity contribution in [3.63, 3.8) is 0 Å². The van der Waals surface area contributed by atoms with E-state index in [2.05, 4.69) is 9.88 Å². The van der Waals surface area contributed by atoms with Crippen LogP contribution in [0.15, 0.2) is 24.5 Å². The van der Waals surface area contributed by atoms with Gasteiger partial charge in [-0.15, -0.1) is 0 Å². The molecule has 13 heavy (non-hydrogen) atoms. The van der Waals surface area contributed by atoms with E-state index in [1.54, 1.807) is 6.20 Å². The zero-order valence-corrected chi connectivity index (χ0v) is 7.49. The predicted molar refractivity (Wildman–Crippen MR) is 49.0 cm³/mol. The zero-order valence-electron chi connectivity index (χ0n) is 7.49.